The molecule has 2 fully saturated rings. The van der Waals surface area contributed by atoms with Crippen LogP contribution in [-0.4, -0.2) is 35.1 Å². The lowest BCUT2D eigenvalue weighted by atomic mass is 9.68. The van der Waals surface area contributed by atoms with Gasteiger partial charge in [0.05, 0.1) is 35.9 Å². The van der Waals surface area contributed by atoms with Gasteiger partial charge in [-0.15, -0.1) is 0 Å². The third-order valence-corrected chi connectivity index (χ3v) is 12.7. The van der Waals surface area contributed by atoms with Gasteiger partial charge in [-0.05, 0) is 99.8 Å². The van der Waals surface area contributed by atoms with Gasteiger partial charge in [-0.1, -0.05) is 139 Å². The Balaban J connectivity index is 1.44. The zero-order valence-corrected chi connectivity index (χ0v) is 33.5. The summed E-state index contributed by atoms with van der Waals surface area (Å²) in [4.78, 5) is 8.67. The minimum absolute atomic E-state index is 0.0895. The summed E-state index contributed by atoms with van der Waals surface area (Å²) in [6.07, 6.45) is 16.3. The molecule has 268 valence electrons. The van der Waals surface area contributed by atoms with Crippen molar-refractivity contribution in [2.24, 2.45) is 22.7 Å². The van der Waals surface area contributed by atoms with E-state index in [1.54, 1.807) is 5.70 Å². The van der Waals surface area contributed by atoms with Crippen molar-refractivity contribution in [1.82, 2.24) is 4.90 Å². The smallest absolute Gasteiger partial charge is 0.0721 e. The highest BCUT2D eigenvalue weighted by atomic mass is 15.4. The van der Waals surface area contributed by atoms with Gasteiger partial charge in [-0.25, -0.2) is 0 Å². The lowest BCUT2D eigenvalue weighted by Crippen LogP contribution is -2.76. The Morgan fingerprint density at radius 2 is 1.14 bits per heavy atom. The molecule has 0 spiro atoms. The standard InChI is InChI=1S/C47H65N3/c1-30-26-41-43-42(27-30)49(36-22-16-32(17-23-36)45(5,6)7)38-25-19-34(47(11,12)13)29-40(38)50(43)39-28-33(46(8,9)10)18-24-37(39)48(41)35-20-14-31(15-21-35)44(2,3)4/h14-25,28,30,34,37,39,41-43H,26-27,29H2,1-13H3. The zero-order valence-electron chi connectivity index (χ0n) is 33.5. The third kappa shape index (κ3) is 6.09. The van der Waals surface area contributed by atoms with E-state index in [-0.39, 0.29) is 33.7 Å². The van der Waals surface area contributed by atoms with E-state index in [0.717, 1.165) is 6.42 Å². The number of piperazine rings is 1. The molecule has 0 bridgehead atoms. The maximum absolute atomic E-state index is 3.00. The predicted octanol–water partition coefficient (Wildman–Crippen LogP) is 11.6. The van der Waals surface area contributed by atoms with E-state index in [0.29, 0.717) is 30.0 Å². The fraction of sp³-hybridized carbons (Fsp3) is 0.574. The molecule has 0 amide bonds. The van der Waals surface area contributed by atoms with Crippen LogP contribution in [0.25, 0.3) is 0 Å². The summed E-state index contributed by atoms with van der Waals surface area (Å²) in [5, 5.41) is 0. The van der Waals surface area contributed by atoms with Gasteiger partial charge in [0.15, 0.2) is 0 Å². The molecule has 5 aliphatic rings. The average Bonchev–Trinajstić information content (AvgIpc) is 3.02. The van der Waals surface area contributed by atoms with Crippen LogP contribution in [0.15, 0.2) is 95.9 Å². The first-order valence-corrected chi connectivity index (χ1v) is 19.6. The SMILES string of the molecule is CC1CC2C3C(C1)N(c1ccc(C(C)(C)C)cc1)C1C=CC(C(C)(C)C)=CC1N3C1=C(C=CC(C(C)(C)C)C1)N2c1ccc(C(C)(C)C)cc1. The van der Waals surface area contributed by atoms with E-state index in [1.165, 1.54) is 46.6 Å². The second-order valence-corrected chi connectivity index (χ2v) is 20.6. The Bertz CT molecular complexity index is 1710. The largest absolute Gasteiger partial charge is 0.358 e. The summed E-state index contributed by atoms with van der Waals surface area (Å²) >= 11 is 0. The molecule has 3 aliphatic carbocycles. The minimum Gasteiger partial charge on any atom is -0.358 e. The van der Waals surface area contributed by atoms with E-state index < -0.39 is 0 Å². The molecule has 0 radical (unpaired) electrons. The summed E-state index contributed by atoms with van der Waals surface area (Å²) in [6, 6.07) is 21.0. The molecule has 2 aromatic carbocycles. The lowest BCUT2D eigenvalue weighted by Gasteiger charge is -2.66. The summed E-state index contributed by atoms with van der Waals surface area (Å²) in [6.45, 7) is 30.9. The Morgan fingerprint density at radius 1 is 0.580 bits per heavy atom. The number of hydrogen-bond acceptors (Lipinski definition) is 3. The van der Waals surface area contributed by atoms with E-state index in [2.05, 4.69) is 184 Å². The second-order valence-electron chi connectivity index (χ2n) is 20.6. The van der Waals surface area contributed by atoms with Crippen molar-refractivity contribution in [2.45, 2.75) is 150 Å². The van der Waals surface area contributed by atoms with Crippen molar-refractivity contribution in [1.29, 1.82) is 0 Å². The maximum atomic E-state index is 3.00. The molecule has 0 aromatic heterocycles. The number of fused-ring (bicyclic) bond motifs is 3. The van der Waals surface area contributed by atoms with Crippen molar-refractivity contribution < 1.29 is 0 Å². The van der Waals surface area contributed by atoms with Crippen LogP contribution in [0.1, 0.15) is 120 Å². The van der Waals surface area contributed by atoms with Crippen LogP contribution in [0.4, 0.5) is 11.4 Å². The van der Waals surface area contributed by atoms with Crippen molar-refractivity contribution in [2.75, 3.05) is 9.80 Å². The second kappa shape index (κ2) is 11.9. The number of hydrogen-bond donors (Lipinski definition) is 0. The summed E-state index contributed by atoms with van der Waals surface area (Å²) in [5.74, 6) is 1.12. The Hall–Kier alpha value is -3.20. The highest BCUT2D eigenvalue weighted by Crippen LogP contribution is 2.53. The van der Waals surface area contributed by atoms with E-state index in [1.807, 2.05) is 0 Å². The molecule has 7 atom stereocenters. The molecule has 1 saturated carbocycles. The molecular formula is C47H65N3. The molecule has 2 aromatic rings. The van der Waals surface area contributed by atoms with Gasteiger partial charge in [-0.3, -0.25) is 0 Å². The molecule has 0 N–H and O–H groups in total. The molecule has 3 heteroatoms. The van der Waals surface area contributed by atoms with Gasteiger partial charge in [-0.2, -0.15) is 0 Å². The number of allylic oxidation sites excluding steroid dienone is 5. The average molecular weight is 672 g/mol. The van der Waals surface area contributed by atoms with Gasteiger partial charge in [0.2, 0.25) is 0 Å². The van der Waals surface area contributed by atoms with Crippen LogP contribution in [0.3, 0.4) is 0 Å². The number of anilines is 2. The van der Waals surface area contributed by atoms with Gasteiger partial charge in [0.1, 0.15) is 0 Å². The highest BCUT2D eigenvalue weighted by Gasteiger charge is 2.57. The lowest BCUT2D eigenvalue weighted by molar-refractivity contribution is 0.0437. The maximum Gasteiger partial charge on any atom is 0.0721 e. The topological polar surface area (TPSA) is 9.72 Å². The van der Waals surface area contributed by atoms with Crippen molar-refractivity contribution in [3.8, 4) is 0 Å². The third-order valence-electron chi connectivity index (χ3n) is 12.7. The molecule has 7 unspecified atom stereocenters. The number of benzene rings is 2. The van der Waals surface area contributed by atoms with Gasteiger partial charge in [0, 0.05) is 17.1 Å². The number of rotatable bonds is 2. The first-order valence-electron chi connectivity index (χ1n) is 19.6. The van der Waals surface area contributed by atoms with Crippen LogP contribution in [0.5, 0.6) is 0 Å². The molecule has 50 heavy (non-hydrogen) atoms. The first kappa shape index (κ1) is 35.2. The molecule has 2 heterocycles. The van der Waals surface area contributed by atoms with Crippen LogP contribution in [-0.2, 0) is 10.8 Å². The summed E-state index contributed by atoms with van der Waals surface area (Å²) < 4.78 is 0. The Kier molecular flexibility index (Phi) is 8.40. The van der Waals surface area contributed by atoms with Gasteiger partial charge in [0.25, 0.3) is 0 Å². The molecular weight excluding hydrogens is 607 g/mol. The Morgan fingerprint density at radius 3 is 1.68 bits per heavy atom. The quantitative estimate of drug-likeness (QED) is 0.315. The molecule has 3 nitrogen and oxygen atoms in total. The monoisotopic (exact) mass is 672 g/mol. The zero-order chi connectivity index (χ0) is 36.1. The van der Waals surface area contributed by atoms with Gasteiger partial charge >= 0.3 is 0 Å². The molecule has 2 aliphatic heterocycles. The van der Waals surface area contributed by atoms with Crippen molar-refractivity contribution in [3.05, 3.63) is 107 Å². The Labute approximate surface area is 305 Å². The molecule has 1 saturated heterocycles. The van der Waals surface area contributed by atoms with E-state index >= 15 is 0 Å². The number of nitrogens with zero attached hydrogens (tertiary/aromatic N) is 3. The van der Waals surface area contributed by atoms with Crippen LogP contribution < -0.4 is 9.80 Å². The fourth-order valence-corrected chi connectivity index (χ4v) is 9.66. The minimum atomic E-state index is 0.0895. The normalized spacial score (nSPS) is 29.8. The predicted molar refractivity (Wildman–Crippen MR) is 215 cm³/mol. The summed E-state index contributed by atoms with van der Waals surface area (Å²) in [7, 11) is 0. The highest BCUT2D eigenvalue weighted by molar-refractivity contribution is 5.64. The van der Waals surface area contributed by atoms with Crippen LogP contribution in [0, 0.1) is 22.7 Å². The van der Waals surface area contributed by atoms with Crippen LogP contribution >= 0.6 is 0 Å². The summed E-state index contributed by atoms with van der Waals surface area (Å²) in [5.41, 5.74) is 10.5. The van der Waals surface area contributed by atoms with Crippen molar-refractivity contribution >= 4 is 11.4 Å². The fourth-order valence-electron chi connectivity index (χ4n) is 9.66. The van der Waals surface area contributed by atoms with Crippen LogP contribution in [0.2, 0.25) is 0 Å². The first-order chi connectivity index (χ1) is 23.2. The van der Waals surface area contributed by atoms with Gasteiger partial charge < -0.3 is 14.7 Å². The van der Waals surface area contributed by atoms with Crippen molar-refractivity contribution in [3.63, 3.8) is 0 Å². The van der Waals surface area contributed by atoms with E-state index in [9.17, 15) is 0 Å². The van der Waals surface area contributed by atoms with E-state index in [4.69, 9.17) is 0 Å². The molecule has 7 rings (SSSR count).